The third kappa shape index (κ3) is 3.90. The Morgan fingerprint density at radius 1 is 1.32 bits per heavy atom. The Balaban J connectivity index is 1.55. The van der Waals surface area contributed by atoms with Crippen LogP contribution in [0.3, 0.4) is 0 Å². The zero-order valence-corrected chi connectivity index (χ0v) is 14.5. The minimum atomic E-state index is 0.373. The Kier molecular flexibility index (Phi) is 4.81. The van der Waals surface area contributed by atoms with Crippen LogP contribution in [0.1, 0.15) is 5.89 Å². The molecule has 112 valence electrons. The fourth-order valence-corrected chi connectivity index (χ4v) is 2.97. The number of aromatic nitrogens is 2. The quantitative estimate of drug-likeness (QED) is 0.650. The van der Waals surface area contributed by atoms with Crippen LogP contribution in [0.15, 0.2) is 50.8 Å². The number of thiophene rings is 1. The first-order valence-corrected chi connectivity index (χ1v) is 8.46. The molecule has 1 aromatic carbocycles. The Hall–Kier alpha value is -1.77. The molecule has 0 amide bonds. The van der Waals surface area contributed by atoms with E-state index < -0.39 is 0 Å². The van der Waals surface area contributed by atoms with E-state index in [1.807, 2.05) is 41.8 Å². The Bertz CT molecular complexity index is 773. The van der Waals surface area contributed by atoms with Crippen molar-refractivity contribution in [1.82, 2.24) is 15.5 Å². The third-order valence-corrected chi connectivity index (χ3v) is 4.30. The van der Waals surface area contributed by atoms with Crippen molar-refractivity contribution in [3.05, 3.63) is 52.1 Å². The molecule has 0 atom stereocenters. The van der Waals surface area contributed by atoms with Crippen molar-refractivity contribution in [2.45, 2.75) is 6.54 Å². The highest BCUT2D eigenvalue weighted by molar-refractivity contribution is 9.10. The van der Waals surface area contributed by atoms with Crippen molar-refractivity contribution in [3.8, 4) is 10.7 Å². The second kappa shape index (κ2) is 6.99. The molecule has 8 heteroatoms. The molecular formula is C14H11BrN4OS2. The van der Waals surface area contributed by atoms with Crippen molar-refractivity contribution in [1.29, 1.82) is 0 Å². The van der Waals surface area contributed by atoms with Crippen LogP contribution >= 0.6 is 39.5 Å². The van der Waals surface area contributed by atoms with E-state index in [1.54, 1.807) is 11.3 Å². The van der Waals surface area contributed by atoms with E-state index in [9.17, 15) is 0 Å². The van der Waals surface area contributed by atoms with Crippen LogP contribution in [-0.4, -0.2) is 15.3 Å². The predicted octanol–water partition coefficient (Wildman–Crippen LogP) is 4.05. The van der Waals surface area contributed by atoms with Crippen molar-refractivity contribution in [3.63, 3.8) is 0 Å². The smallest absolute Gasteiger partial charge is 0.246 e. The van der Waals surface area contributed by atoms with Crippen molar-refractivity contribution >= 4 is 50.3 Å². The first-order chi connectivity index (χ1) is 10.7. The van der Waals surface area contributed by atoms with Gasteiger partial charge in [0.15, 0.2) is 5.11 Å². The number of rotatable bonds is 4. The van der Waals surface area contributed by atoms with Crippen LogP contribution in [0.25, 0.3) is 10.7 Å². The van der Waals surface area contributed by atoms with Gasteiger partial charge in [0.05, 0.1) is 11.4 Å². The molecule has 0 aliphatic carbocycles. The summed E-state index contributed by atoms with van der Waals surface area (Å²) in [7, 11) is 0. The highest BCUT2D eigenvalue weighted by Crippen LogP contribution is 2.21. The molecule has 3 rings (SSSR count). The largest absolute Gasteiger partial charge is 0.353 e. The summed E-state index contributed by atoms with van der Waals surface area (Å²) in [6, 6.07) is 11.7. The number of hydrogen-bond donors (Lipinski definition) is 2. The van der Waals surface area contributed by atoms with E-state index in [0.29, 0.717) is 23.4 Å². The van der Waals surface area contributed by atoms with E-state index in [2.05, 4.69) is 36.7 Å². The van der Waals surface area contributed by atoms with Gasteiger partial charge in [-0.25, -0.2) is 0 Å². The summed E-state index contributed by atoms with van der Waals surface area (Å²) in [6.07, 6.45) is 0. The van der Waals surface area contributed by atoms with Crippen LogP contribution in [-0.2, 0) is 6.54 Å². The number of benzene rings is 1. The fraction of sp³-hybridized carbons (Fsp3) is 0.0714. The molecule has 0 unspecified atom stereocenters. The molecule has 0 aliphatic heterocycles. The first-order valence-electron chi connectivity index (χ1n) is 6.37. The van der Waals surface area contributed by atoms with Gasteiger partial charge in [0.1, 0.15) is 0 Å². The maximum Gasteiger partial charge on any atom is 0.246 e. The summed E-state index contributed by atoms with van der Waals surface area (Å²) >= 11 is 10.2. The van der Waals surface area contributed by atoms with E-state index >= 15 is 0 Å². The number of nitrogens with zero attached hydrogens (tertiary/aromatic N) is 2. The molecule has 0 radical (unpaired) electrons. The van der Waals surface area contributed by atoms with E-state index in [-0.39, 0.29) is 0 Å². The Morgan fingerprint density at radius 2 is 2.23 bits per heavy atom. The number of thiocarbonyl (C=S) groups is 1. The molecule has 2 heterocycles. The van der Waals surface area contributed by atoms with Crippen LogP contribution in [0, 0.1) is 0 Å². The number of hydrogen-bond acceptors (Lipinski definition) is 5. The Morgan fingerprint density at radius 3 is 3.00 bits per heavy atom. The fourth-order valence-electron chi connectivity index (χ4n) is 1.73. The lowest BCUT2D eigenvalue weighted by Gasteiger charge is -2.08. The molecule has 0 aliphatic rings. The lowest BCUT2D eigenvalue weighted by Crippen LogP contribution is -2.27. The maximum absolute atomic E-state index is 5.24. The minimum Gasteiger partial charge on any atom is -0.353 e. The Labute approximate surface area is 144 Å². The van der Waals surface area contributed by atoms with Gasteiger partial charge in [0, 0.05) is 10.2 Å². The van der Waals surface area contributed by atoms with Crippen LogP contribution in [0.2, 0.25) is 0 Å². The van der Waals surface area contributed by atoms with Crippen molar-refractivity contribution < 1.29 is 4.52 Å². The average Bonchev–Trinajstić information content (AvgIpc) is 3.16. The summed E-state index contributed by atoms with van der Waals surface area (Å²) in [4.78, 5) is 5.30. The molecule has 0 bridgehead atoms. The standard InChI is InChI=1S/C14H11BrN4OS2/c15-9-3-1-4-10(7-9)17-14(21)16-8-12-18-13(19-20-12)11-5-2-6-22-11/h1-7H,8H2,(H2,16,17,21). The summed E-state index contributed by atoms with van der Waals surface area (Å²) in [5.41, 5.74) is 0.900. The second-order valence-corrected chi connectivity index (χ2v) is 6.58. The highest BCUT2D eigenvalue weighted by Gasteiger charge is 2.09. The SMILES string of the molecule is S=C(NCc1nc(-c2cccs2)no1)Nc1cccc(Br)c1. The maximum atomic E-state index is 5.24. The van der Waals surface area contributed by atoms with Crippen LogP contribution in [0.4, 0.5) is 5.69 Å². The number of nitrogens with one attached hydrogen (secondary N) is 2. The minimum absolute atomic E-state index is 0.373. The topological polar surface area (TPSA) is 63.0 Å². The molecule has 3 aromatic rings. The lowest BCUT2D eigenvalue weighted by molar-refractivity contribution is 0.376. The van der Waals surface area contributed by atoms with Crippen LogP contribution in [0.5, 0.6) is 0 Å². The molecule has 2 N–H and O–H groups in total. The van der Waals surface area contributed by atoms with Gasteiger partial charge in [-0.15, -0.1) is 11.3 Å². The zero-order valence-electron chi connectivity index (χ0n) is 11.2. The summed E-state index contributed by atoms with van der Waals surface area (Å²) in [5.74, 6) is 1.08. The molecule has 2 aromatic heterocycles. The molecule has 0 spiro atoms. The van der Waals surface area contributed by atoms with E-state index in [1.165, 1.54) is 0 Å². The van der Waals surface area contributed by atoms with Gasteiger partial charge in [0.2, 0.25) is 11.7 Å². The zero-order chi connectivity index (χ0) is 15.4. The second-order valence-electron chi connectivity index (χ2n) is 4.31. The molecule has 0 fully saturated rings. The van der Waals surface area contributed by atoms with Gasteiger partial charge in [-0.05, 0) is 41.9 Å². The monoisotopic (exact) mass is 394 g/mol. The molecule has 5 nitrogen and oxygen atoms in total. The van der Waals surface area contributed by atoms with Gasteiger partial charge in [-0.2, -0.15) is 4.98 Å². The molecule has 0 saturated heterocycles. The van der Waals surface area contributed by atoms with Gasteiger partial charge >= 0.3 is 0 Å². The number of halogens is 1. The third-order valence-electron chi connectivity index (χ3n) is 2.69. The summed E-state index contributed by atoms with van der Waals surface area (Å²) in [5, 5.41) is 12.5. The van der Waals surface area contributed by atoms with Gasteiger partial charge < -0.3 is 15.2 Å². The highest BCUT2D eigenvalue weighted by atomic mass is 79.9. The van der Waals surface area contributed by atoms with E-state index in [4.69, 9.17) is 16.7 Å². The van der Waals surface area contributed by atoms with Crippen LogP contribution < -0.4 is 10.6 Å². The first kappa shape index (κ1) is 15.1. The predicted molar refractivity (Wildman–Crippen MR) is 94.8 cm³/mol. The molecule has 22 heavy (non-hydrogen) atoms. The summed E-state index contributed by atoms with van der Waals surface area (Å²) in [6.45, 7) is 0.373. The van der Waals surface area contributed by atoms with Gasteiger partial charge in [-0.1, -0.05) is 33.2 Å². The number of anilines is 1. The van der Waals surface area contributed by atoms with Gasteiger partial charge in [-0.3, -0.25) is 0 Å². The summed E-state index contributed by atoms with van der Waals surface area (Å²) < 4.78 is 6.18. The average molecular weight is 395 g/mol. The normalized spacial score (nSPS) is 10.4. The lowest BCUT2D eigenvalue weighted by atomic mass is 10.3. The molecular weight excluding hydrogens is 384 g/mol. The molecule has 0 saturated carbocycles. The van der Waals surface area contributed by atoms with Crippen molar-refractivity contribution in [2.75, 3.05) is 5.32 Å². The van der Waals surface area contributed by atoms with Crippen molar-refractivity contribution in [2.24, 2.45) is 0 Å². The van der Waals surface area contributed by atoms with E-state index in [0.717, 1.165) is 15.0 Å². The van der Waals surface area contributed by atoms with Gasteiger partial charge in [0.25, 0.3) is 0 Å².